The van der Waals surface area contributed by atoms with Crippen LogP contribution in [0.4, 0.5) is 10.5 Å². The smallest absolute Gasteiger partial charge is 0.408 e. The number of nitrogens with two attached hydrogens (primary N) is 2. The van der Waals surface area contributed by atoms with Crippen LogP contribution < -0.4 is 27.0 Å². The minimum Gasteiger partial charge on any atom is -0.445 e. The molecule has 1 heterocycles. The number of ether oxygens (including phenoxy) is 1. The zero-order valence-electron chi connectivity index (χ0n) is 24.4. The van der Waals surface area contributed by atoms with E-state index in [9.17, 15) is 24.3 Å². The van der Waals surface area contributed by atoms with Gasteiger partial charge in [-0.3, -0.25) is 14.4 Å². The summed E-state index contributed by atoms with van der Waals surface area (Å²) in [5, 5.41) is 16.9. The molecule has 4 amide bonds. The van der Waals surface area contributed by atoms with Gasteiger partial charge in [-0.2, -0.15) is 0 Å². The van der Waals surface area contributed by atoms with Crippen molar-refractivity contribution in [3.63, 3.8) is 0 Å². The first-order valence-corrected chi connectivity index (χ1v) is 14.6. The number of nitrogens with one attached hydrogen (secondary N) is 2. The number of aliphatic hydroxyl groups is 1. The van der Waals surface area contributed by atoms with Crippen LogP contribution in [0.5, 0.6) is 0 Å². The molecule has 0 spiro atoms. The normalized spacial score (nSPS) is 18.1. The minimum atomic E-state index is -1.36. The van der Waals surface area contributed by atoms with Crippen molar-refractivity contribution in [1.82, 2.24) is 10.6 Å². The Labute approximate surface area is 256 Å². The molecule has 0 unspecified atom stereocenters. The lowest BCUT2D eigenvalue weighted by molar-refractivity contribution is -0.128. The van der Waals surface area contributed by atoms with Gasteiger partial charge >= 0.3 is 6.09 Å². The number of aliphatic hydroxyl groups excluding tert-OH is 1. The molecule has 11 nitrogen and oxygen atoms in total. The van der Waals surface area contributed by atoms with Crippen LogP contribution >= 0.6 is 0 Å². The largest absolute Gasteiger partial charge is 0.445 e. The summed E-state index contributed by atoms with van der Waals surface area (Å²) in [5.41, 5.74) is 12.6. The number of hydrogen-bond donors (Lipinski definition) is 5. The molecule has 44 heavy (non-hydrogen) atoms. The average Bonchev–Trinajstić information content (AvgIpc) is 3.45. The second kappa shape index (κ2) is 15.0. The van der Waals surface area contributed by atoms with Crippen LogP contribution in [-0.4, -0.2) is 59.2 Å². The molecule has 232 valence electrons. The Bertz CT molecular complexity index is 1410. The summed E-state index contributed by atoms with van der Waals surface area (Å²) in [7, 11) is 0. The lowest BCUT2D eigenvalue weighted by atomic mass is 9.84. The zero-order chi connectivity index (χ0) is 31.5. The minimum absolute atomic E-state index is 0.0416. The summed E-state index contributed by atoms with van der Waals surface area (Å²) in [5.74, 6) is -2.12. The maximum Gasteiger partial charge on any atom is 0.408 e. The molecule has 1 fully saturated rings. The van der Waals surface area contributed by atoms with Crippen LogP contribution in [-0.2, 0) is 32.1 Å². The molecule has 7 N–H and O–H groups in total. The van der Waals surface area contributed by atoms with Gasteiger partial charge in [0.2, 0.25) is 17.7 Å². The van der Waals surface area contributed by atoms with E-state index in [2.05, 4.69) is 10.6 Å². The maximum absolute atomic E-state index is 13.5. The second-order valence-electron chi connectivity index (χ2n) is 11.0. The molecule has 3 aromatic carbocycles. The van der Waals surface area contributed by atoms with Gasteiger partial charge in [0.15, 0.2) is 0 Å². The van der Waals surface area contributed by atoms with Crippen molar-refractivity contribution in [3.8, 4) is 0 Å². The lowest BCUT2D eigenvalue weighted by Gasteiger charge is -2.40. The maximum atomic E-state index is 13.5. The molecule has 1 aliphatic heterocycles. The van der Waals surface area contributed by atoms with E-state index in [1.807, 2.05) is 71.6 Å². The van der Waals surface area contributed by atoms with Crippen LogP contribution in [0.3, 0.4) is 0 Å². The van der Waals surface area contributed by atoms with Gasteiger partial charge in [-0.1, -0.05) is 78.9 Å². The Morgan fingerprint density at radius 2 is 1.45 bits per heavy atom. The summed E-state index contributed by atoms with van der Waals surface area (Å²) in [4.78, 5) is 52.9. The number of nitrogens with zero attached hydrogens (tertiary/aromatic N) is 1. The average molecular weight is 602 g/mol. The summed E-state index contributed by atoms with van der Waals surface area (Å²) in [6, 6.07) is 25.3. The monoisotopic (exact) mass is 601 g/mol. The van der Waals surface area contributed by atoms with Crippen molar-refractivity contribution < 1.29 is 29.0 Å². The first-order chi connectivity index (χ1) is 21.2. The molecular weight excluding hydrogens is 562 g/mol. The number of primary amides is 2. The van der Waals surface area contributed by atoms with E-state index in [1.165, 1.54) is 0 Å². The summed E-state index contributed by atoms with van der Waals surface area (Å²) >= 11 is 0. The van der Waals surface area contributed by atoms with Crippen molar-refractivity contribution in [2.45, 2.75) is 62.4 Å². The number of hydrogen-bond acceptors (Lipinski definition) is 7. The van der Waals surface area contributed by atoms with Gasteiger partial charge in [0, 0.05) is 18.7 Å². The molecule has 3 aromatic rings. The SMILES string of the molecule is NC(=O)C[C@H](NC(=O)OCc1ccccc1)C(=O)N[C@@H](Cc1ccccc1)[C@H](O)C[C@@]1(C(N)=O)CCCN1c1ccccc1. The Kier molecular flexibility index (Phi) is 10.9. The highest BCUT2D eigenvalue weighted by Gasteiger charge is 2.48. The van der Waals surface area contributed by atoms with E-state index in [0.717, 1.165) is 16.8 Å². The third kappa shape index (κ3) is 8.35. The molecule has 1 saturated heterocycles. The standard InChI is InChI=1S/C33H39N5O6/c34-29(40)20-27(37-32(43)44-22-24-13-6-2-7-14-24)30(41)36-26(19-23-11-4-1-5-12-23)28(39)21-33(31(35)42)17-10-18-38(33)25-15-8-3-9-16-25/h1-9,11-16,26-28,39H,10,17-22H2,(H2,34,40)(H2,35,42)(H,36,41)(H,37,43)/t26-,27-,28+,33+/m0/s1. The molecule has 0 bridgehead atoms. The highest BCUT2D eigenvalue weighted by atomic mass is 16.5. The van der Waals surface area contributed by atoms with Gasteiger partial charge in [-0.25, -0.2) is 4.79 Å². The van der Waals surface area contributed by atoms with Gasteiger partial charge in [-0.15, -0.1) is 0 Å². The van der Waals surface area contributed by atoms with Crippen LogP contribution in [0, 0.1) is 0 Å². The van der Waals surface area contributed by atoms with E-state index in [4.69, 9.17) is 16.2 Å². The third-order valence-electron chi connectivity index (χ3n) is 7.88. The summed E-state index contributed by atoms with van der Waals surface area (Å²) in [6.07, 6.45) is -1.36. The van der Waals surface area contributed by atoms with Crippen molar-refractivity contribution >= 4 is 29.5 Å². The van der Waals surface area contributed by atoms with Crippen LogP contribution in [0.15, 0.2) is 91.0 Å². The zero-order valence-corrected chi connectivity index (χ0v) is 24.4. The number of para-hydroxylation sites is 1. The van der Waals surface area contributed by atoms with Crippen molar-refractivity contribution in [2.75, 3.05) is 11.4 Å². The summed E-state index contributed by atoms with van der Waals surface area (Å²) in [6.45, 7) is 0.533. The Hall–Kier alpha value is -4.90. The van der Waals surface area contributed by atoms with Gasteiger partial charge in [0.1, 0.15) is 18.2 Å². The topological polar surface area (TPSA) is 177 Å². The number of anilines is 1. The fourth-order valence-corrected chi connectivity index (χ4v) is 5.67. The Morgan fingerprint density at radius 3 is 2.05 bits per heavy atom. The van der Waals surface area contributed by atoms with Crippen molar-refractivity contribution in [3.05, 3.63) is 102 Å². The molecule has 4 rings (SSSR count). The molecular formula is C33H39N5O6. The number of carbonyl (C=O) groups is 4. The van der Waals surface area contributed by atoms with Crippen LogP contribution in [0.2, 0.25) is 0 Å². The van der Waals surface area contributed by atoms with E-state index >= 15 is 0 Å². The molecule has 0 radical (unpaired) electrons. The molecule has 0 aromatic heterocycles. The van der Waals surface area contributed by atoms with Gasteiger partial charge in [-0.05, 0) is 42.5 Å². The Morgan fingerprint density at radius 1 is 0.864 bits per heavy atom. The first-order valence-electron chi connectivity index (χ1n) is 14.6. The number of carbonyl (C=O) groups excluding carboxylic acids is 4. The predicted molar refractivity (Wildman–Crippen MR) is 165 cm³/mol. The second-order valence-corrected chi connectivity index (χ2v) is 11.0. The quantitative estimate of drug-likeness (QED) is 0.188. The van der Waals surface area contributed by atoms with E-state index < -0.39 is 54.0 Å². The van der Waals surface area contributed by atoms with E-state index in [-0.39, 0.29) is 19.4 Å². The summed E-state index contributed by atoms with van der Waals surface area (Å²) < 4.78 is 5.23. The van der Waals surface area contributed by atoms with E-state index in [0.29, 0.717) is 19.4 Å². The number of alkyl carbamates (subject to hydrolysis) is 1. The van der Waals surface area contributed by atoms with Gasteiger partial charge < -0.3 is 36.8 Å². The highest BCUT2D eigenvalue weighted by molar-refractivity contribution is 5.91. The van der Waals surface area contributed by atoms with Crippen LogP contribution in [0.1, 0.15) is 36.8 Å². The number of rotatable bonds is 14. The molecule has 4 atom stereocenters. The Balaban J connectivity index is 1.53. The van der Waals surface area contributed by atoms with Crippen LogP contribution in [0.25, 0.3) is 0 Å². The first kappa shape index (κ1) is 32.0. The van der Waals surface area contributed by atoms with Gasteiger partial charge in [0.25, 0.3) is 0 Å². The molecule has 11 heteroatoms. The highest BCUT2D eigenvalue weighted by Crippen LogP contribution is 2.38. The fraction of sp³-hybridized carbons (Fsp3) is 0.333. The van der Waals surface area contributed by atoms with Crippen molar-refractivity contribution in [1.29, 1.82) is 0 Å². The lowest BCUT2D eigenvalue weighted by Crippen LogP contribution is -2.59. The predicted octanol–water partition coefficient (Wildman–Crippen LogP) is 2.16. The third-order valence-corrected chi connectivity index (χ3v) is 7.88. The molecule has 1 aliphatic rings. The number of amides is 4. The number of benzene rings is 3. The fourth-order valence-electron chi connectivity index (χ4n) is 5.67. The molecule has 0 saturated carbocycles. The molecule has 0 aliphatic carbocycles. The van der Waals surface area contributed by atoms with E-state index in [1.54, 1.807) is 24.3 Å². The van der Waals surface area contributed by atoms with Crippen molar-refractivity contribution in [2.24, 2.45) is 11.5 Å². The van der Waals surface area contributed by atoms with Gasteiger partial charge in [0.05, 0.1) is 18.6 Å².